The Morgan fingerprint density at radius 2 is 1.96 bits per heavy atom. The van der Waals surface area contributed by atoms with Crippen LogP contribution in [-0.4, -0.2) is 45.4 Å². The third kappa shape index (κ3) is 2.70. The van der Waals surface area contributed by atoms with E-state index in [-0.39, 0.29) is 23.5 Å². The molecule has 1 N–H and O–H groups in total. The number of halogens is 1. The van der Waals surface area contributed by atoms with Gasteiger partial charge in [0, 0.05) is 25.7 Å². The van der Waals surface area contributed by atoms with E-state index < -0.39 is 11.2 Å². The summed E-state index contributed by atoms with van der Waals surface area (Å²) in [6.07, 6.45) is 0. The minimum Gasteiger partial charge on any atom is -0.378 e. The summed E-state index contributed by atoms with van der Waals surface area (Å²) in [7, 11) is 1.55. The highest BCUT2D eigenvalue weighted by Crippen LogP contribution is 2.22. The van der Waals surface area contributed by atoms with Gasteiger partial charge >= 0.3 is 5.69 Å². The topological polar surface area (TPSA) is 85.2 Å². The van der Waals surface area contributed by atoms with Crippen LogP contribution in [0.5, 0.6) is 0 Å². The summed E-state index contributed by atoms with van der Waals surface area (Å²) < 4.78 is 22.5. The number of morpholine rings is 1. The van der Waals surface area contributed by atoms with Crippen LogP contribution in [0.15, 0.2) is 33.9 Å². The van der Waals surface area contributed by atoms with Gasteiger partial charge in [-0.15, -0.1) is 0 Å². The number of nitrogens with zero attached hydrogens (tertiary/aromatic N) is 4. The van der Waals surface area contributed by atoms with Crippen molar-refractivity contribution in [1.29, 1.82) is 0 Å². The van der Waals surface area contributed by atoms with Gasteiger partial charge in [0.2, 0.25) is 5.95 Å². The maximum absolute atomic E-state index is 14.2. The van der Waals surface area contributed by atoms with Crippen LogP contribution in [0.25, 0.3) is 11.2 Å². The zero-order chi connectivity index (χ0) is 18.3. The van der Waals surface area contributed by atoms with Gasteiger partial charge < -0.3 is 9.64 Å². The Morgan fingerprint density at radius 3 is 2.69 bits per heavy atom. The van der Waals surface area contributed by atoms with E-state index in [1.807, 2.05) is 4.90 Å². The van der Waals surface area contributed by atoms with Gasteiger partial charge in [-0.1, -0.05) is 18.2 Å². The first-order chi connectivity index (χ1) is 12.6. The summed E-state index contributed by atoms with van der Waals surface area (Å²) in [6.45, 7) is 2.42. The number of rotatable bonds is 3. The van der Waals surface area contributed by atoms with E-state index in [0.717, 1.165) is 0 Å². The highest BCUT2D eigenvalue weighted by atomic mass is 19.1. The van der Waals surface area contributed by atoms with Crippen LogP contribution >= 0.6 is 0 Å². The van der Waals surface area contributed by atoms with E-state index >= 15 is 0 Å². The van der Waals surface area contributed by atoms with E-state index in [9.17, 15) is 14.0 Å². The minimum absolute atomic E-state index is 0.136. The average molecular weight is 359 g/mol. The predicted octanol–water partition coefficient (Wildman–Crippen LogP) is 0.447. The van der Waals surface area contributed by atoms with E-state index in [0.29, 0.717) is 37.8 Å². The molecule has 3 aromatic rings. The summed E-state index contributed by atoms with van der Waals surface area (Å²) in [5.41, 5.74) is -0.110. The molecule has 4 rings (SSSR count). The maximum atomic E-state index is 14.2. The molecular weight excluding hydrogens is 341 g/mol. The fourth-order valence-corrected chi connectivity index (χ4v) is 3.17. The Kier molecular flexibility index (Phi) is 4.08. The molecule has 8 nitrogen and oxygen atoms in total. The second-order valence-corrected chi connectivity index (χ2v) is 6.18. The molecule has 136 valence electrons. The molecule has 0 unspecified atom stereocenters. The molecule has 0 atom stereocenters. The molecule has 2 aromatic heterocycles. The standard InChI is InChI=1S/C17H18FN5O3/c1-21-14-13(15(24)20-17(21)25)23(10-11-4-2-3-5-12(11)18)16(19-14)22-6-8-26-9-7-22/h2-5H,6-10H2,1H3,(H,20,24,25). The molecular formula is C17H18FN5O3. The molecule has 26 heavy (non-hydrogen) atoms. The number of nitrogens with one attached hydrogen (secondary N) is 1. The van der Waals surface area contributed by atoms with Crippen molar-refractivity contribution in [3.05, 3.63) is 56.5 Å². The summed E-state index contributed by atoms with van der Waals surface area (Å²) in [5, 5.41) is 0. The van der Waals surface area contributed by atoms with Gasteiger partial charge in [0.25, 0.3) is 5.56 Å². The number of fused-ring (bicyclic) bond motifs is 1. The molecule has 0 radical (unpaired) electrons. The molecule has 0 spiro atoms. The Bertz CT molecular complexity index is 1080. The lowest BCUT2D eigenvalue weighted by Crippen LogP contribution is -2.38. The SMILES string of the molecule is Cn1c(=O)[nH]c(=O)c2c1nc(N1CCOCC1)n2Cc1ccccc1F. The first kappa shape index (κ1) is 16.5. The van der Waals surface area contributed by atoms with Gasteiger partial charge in [0.15, 0.2) is 11.2 Å². The second-order valence-electron chi connectivity index (χ2n) is 6.18. The first-order valence-corrected chi connectivity index (χ1v) is 8.32. The highest BCUT2D eigenvalue weighted by molar-refractivity contribution is 5.74. The van der Waals surface area contributed by atoms with Crippen LogP contribution in [-0.2, 0) is 18.3 Å². The van der Waals surface area contributed by atoms with Gasteiger partial charge in [-0.3, -0.25) is 18.9 Å². The zero-order valence-corrected chi connectivity index (χ0v) is 14.2. The van der Waals surface area contributed by atoms with Crippen molar-refractivity contribution in [3.8, 4) is 0 Å². The van der Waals surface area contributed by atoms with Crippen LogP contribution in [0.3, 0.4) is 0 Å². The van der Waals surface area contributed by atoms with E-state index in [1.54, 1.807) is 29.8 Å². The van der Waals surface area contributed by atoms with Crippen LogP contribution in [0.1, 0.15) is 5.56 Å². The van der Waals surface area contributed by atoms with Gasteiger partial charge in [-0.05, 0) is 6.07 Å². The number of aryl methyl sites for hydroxylation is 1. The van der Waals surface area contributed by atoms with Crippen molar-refractivity contribution in [3.63, 3.8) is 0 Å². The molecule has 1 saturated heterocycles. The number of aromatic nitrogens is 4. The largest absolute Gasteiger partial charge is 0.378 e. The Balaban J connectivity index is 1.95. The molecule has 0 saturated carbocycles. The normalized spacial score (nSPS) is 14.9. The average Bonchev–Trinajstić information content (AvgIpc) is 3.02. The number of benzene rings is 1. The Labute approximate surface area is 147 Å². The fourth-order valence-electron chi connectivity index (χ4n) is 3.17. The molecule has 0 bridgehead atoms. The van der Waals surface area contributed by atoms with Crippen molar-refractivity contribution >= 4 is 17.1 Å². The lowest BCUT2D eigenvalue weighted by Gasteiger charge is -2.28. The molecule has 3 heterocycles. The van der Waals surface area contributed by atoms with Crippen LogP contribution < -0.4 is 16.1 Å². The Morgan fingerprint density at radius 1 is 1.23 bits per heavy atom. The zero-order valence-electron chi connectivity index (χ0n) is 14.2. The predicted molar refractivity (Wildman–Crippen MR) is 94.1 cm³/mol. The molecule has 1 aliphatic rings. The fraction of sp³-hybridized carbons (Fsp3) is 0.353. The Hall–Kier alpha value is -2.94. The van der Waals surface area contributed by atoms with Crippen molar-refractivity contribution in [1.82, 2.24) is 19.1 Å². The molecule has 9 heteroatoms. The number of H-pyrrole nitrogens is 1. The number of hydrogen-bond donors (Lipinski definition) is 1. The summed E-state index contributed by atoms with van der Waals surface area (Å²) >= 11 is 0. The van der Waals surface area contributed by atoms with Crippen molar-refractivity contribution in [2.45, 2.75) is 6.54 Å². The van der Waals surface area contributed by atoms with Gasteiger partial charge in [0.1, 0.15) is 5.82 Å². The van der Waals surface area contributed by atoms with E-state index in [1.165, 1.54) is 10.6 Å². The van der Waals surface area contributed by atoms with Gasteiger partial charge in [0.05, 0.1) is 19.8 Å². The van der Waals surface area contributed by atoms with Crippen LogP contribution in [0, 0.1) is 5.82 Å². The summed E-state index contributed by atoms with van der Waals surface area (Å²) in [4.78, 5) is 33.2. The monoisotopic (exact) mass is 359 g/mol. The minimum atomic E-state index is -0.536. The second kappa shape index (κ2) is 6.41. The lowest BCUT2D eigenvalue weighted by molar-refractivity contribution is 0.121. The third-order valence-electron chi connectivity index (χ3n) is 4.57. The number of imidazole rings is 1. The van der Waals surface area contributed by atoms with Gasteiger partial charge in [-0.25, -0.2) is 9.18 Å². The first-order valence-electron chi connectivity index (χ1n) is 8.32. The number of ether oxygens (including phenoxy) is 1. The molecule has 0 aliphatic carbocycles. The van der Waals surface area contributed by atoms with Crippen molar-refractivity contribution < 1.29 is 9.13 Å². The molecule has 0 amide bonds. The van der Waals surface area contributed by atoms with E-state index in [2.05, 4.69) is 9.97 Å². The van der Waals surface area contributed by atoms with Crippen LogP contribution in [0.2, 0.25) is 0 Å². The van der Waals surface area contributed by atoms with Crippen molar-refractivity contribution in [2.75, 3.05) is 31.2 Å². The van der Waals surface area contributed by atoms with Gasteiger partial charge in [-0.2, -0.15) is 4.98 Å². The quantitative estimate of drug-likeness (QED) is 0.734. The van der Waals surface area contributed by atoms with E-state index in [4.69, 9.17) is 4.74 Å². The summed E-state index contributed by atoms with van der Waals surface area (Å²) in [6, 6.07) is 6.40. The molecule has 1 aromatic carbocycles. The number of aromatic amines is 1. The number of anilines is 1. The summed E-state index contributed by atoms with van der Waals surface area (Å²) in [5.74, 6) is 0.168. The number of hydrogen-bond acceptors (Lipinski definition) is 5. The highest BCUT2D eigenvalue weighted by Gasteiger charge is 2.23. The van der Waals surface area contributed by atoms with Crippen LogP contribution in [0.4, 0.5) is 10.3 Å². The third-order valence-corrected chi connectivity index (χ3v) is 4.57. The maximum Gasteiger partial charge on any atom is 0.329 e. The van der Waals surface area contributed by atoms with Crippen molar-refractivity contribution in [2.24, 2.45) is 7.05 Å². The lowest BCUT2D eigenvalue weighted by atomic mass is 10.2. The smallest absolute Gasteiger partial charge is 0.329 e. The molecule has 1 fully saturated rings. The molecule has 1 aliphatic heterocycles.